The van der Waals surface area contributed by atoms with E-state index in [1.807, 2.05) is 0 Å². The molecule has 0 aromatic heterocycles. The molecule has 0 heterocycles. The minimum Gasteiger partial charge on any atom is -0.282 e. The van der Waals surface area contributed by atoms with Gasteiger partial charge in [-0.1, -0.05) is 23.4 Å². The van der Waals surface area contributed by atoms with Crippen LogP contribution in [0.25, 0.3) is 0 Å². The van der Waals surface area contributed by atoms with Gasteiger partial charge in [0.25, 0.3) is 10.1 Å². The second kappa shape index (κ2) is 4.08. The van der Waals surface area contributed by atoms with Gasteiger partial charge in [-0.2, -0.15) is 8.42 Å². The average Bonchev–Trinajstić information content (AvgIpc) is 2.07. The zero-order chi connectivity index (χ0) is 10.8. The third-order valence-electron chi connectivity index (χ3n) is 1.76. The maximum absolute atomic E-state index is 11.0. The maximum atomic E-state index is 11.0. The van der Waals surface area contributed by atoms with E-state index in [4.69, 9.17) is 4.55 Å². The van der Waals surface area contributed by atoms with Crippen LogP contribution in [-0.2, 0) is 16.5 Å². The Bertz CT molecular complexity index is 451. The normalized spacial score (nSPS) is 11.3. The van der Waals surface area contributed by atoms with Crippen LogP contribution in [0, 0.1) is 0 Å². The Labute approximate surface area is 86.6 Å². The van der Waals surface area contributed by atoms with Crippen LogP contribution in [0.5, 0.6) is 0 Å². The van der Waals surface area contributed by atoms with Gasteiger partial charge in [0, 0.05) is 0 Å². The third-order valence-corrected chi connectivity index (χ3v) is 3.17. The van der Waals surface area contributed by atoms with Crippen LogP contribution < -0.4 is 5.19 Å². The lowest BCUT2D eigenvalue weighted by Crippen LogP contribution is -2.15. The lowest BCUT2D eigenvalue weighted by atomic mass is 10.1. The summed E-state index contributed by atoms with van der Waals surface area (Å²) in [7, 11) is -0.887. The van der Waals surface area contributed by atoms with Crippen LogP contribution in [0.2, 0.25) is 0 Å². The number of benzene rings is 1. The molecule has 3 radical (unpaired) electrons. The van der Waals surface area contributed by atoms with Crippen LogP contribution in [0.3, 0.4) is 0 Å². The van der Waals surface area contributed by atoms with Gasteiger partial charge >= 0.3 is 0 Å². The topological polar surface area (TPSA) is 54.4 Å². The van der Waals surface area contributed by atoms with Crippen molar-refractivity contribution in [3.8, 4) is 0 Å². The number of rotatable bonds is 3. The number of hydrogen-bond acceptors (Lipinski definition) is 2. The van der Waals surface area contributed by atoms with Crippen LogP contribution in [0.15, 0.2) is 35.7 Å². The molecule has 1 rings (SSSR count). The van der Waals surface area contributed by atoms with Crippen molar-refractivity contribution < 1.29 is 13.0 Å². The van der Waals surface area contributed by atoms with E-state index in [9.17, 15) is 8.42 Å². The van der Waals surface area contributed by atoms with Crippen molar-refractivity contribution in [3.63, 3.8) is 0 Å². The van der Waals surface area contributed by atoms with E-state index in [1.54, 1.807) is 18.2 Å². The standard InChI is InChI=1S/C9H9O3SSi/c1-2-4-7-8(13(10,11)12)5-3-6-9(7)14/h2-3,5-6H,1,4H2,(H,10,11,12). The monoisotopic (exact) mass is 225 g/mol. The van der Waals surface area contributed by atoms with Gasteiger partial charge in [0.1, 0.15) is 0 Å². The van der Waals surface area contributed by atoms with Gasteiger partial charge in [-0.3, -0.25) is 4.55 Å². The van der Waals surface area contributed by atoms with Gasteiger partial charge in [0.15, 0.2) is 0 Å². The Hall–Kier alpha value is -0.913. The highest BCUT2D eigenvalue weighted by Crippen LogP contribution is 2.13. The van der Waals surface area contributed by atoms with Crippen molar-refractivity contribution in [2.24, 2.45) is 0 Å². The summed E-state index contributed by atoms with van der Waals surface area (Å²) >= 11 is 0. The van der Waals surface area contributed by atoms with Gasteiger partial charge in [0.05, 0.1) is 15.1 Å². The minimum atomic E-state index is -4.16. The van der Waals surface area contributed by atoms with Crippen molar-refractivity contribution in [1.29, 1.82) is 0 Å². The Morgan fingerprint density at radius 3 is 2.64 bits per heavy atom. The Morgan fingerprint density at radius 2 is 2.14 bits per heavy atom. The first-order valence-corrected chi connectivity index (χ1v) is 5.82. The predicted molar refractivity (Wildman–Crippen MR) is 55.5 cm³/mol. The zero-order valence-electron chi connectivity index (χ0n) is 7.40. The summed E-state index contributed by atoms with van der Waals surface area (Å²) in [6.45, 7) is 3.52. The molecule has 0 aliphatic carbocycles. The lowest BCUT2D eigenvalue weighted by Gasteiger charge is -2.07. The first-order valence-electron chi connectivity index (χ1n) is 3.88. The quantitative estimate of drug-likeness (QED) is 0.462. The van der Waals surface area contributed by atoms with Crippen molar-refractivity contribution in [2.45, 2.75) is 11.3 Å². The van der Waals surface area contributed by atoms with Crippen molar-refractivity contribution in [3.05, 3.63) is 36.4 Å². The molecule has 0 saturated heterocycles. The molecule has 0 aliphatic heterocycles. The van der Waals surface area contributed by atoms with Gasteiger partial charge in [0.2, 0.25) is 0 Å². The summed E-state index contributed by atoms with van der Waals surface area (Å²) < 4.78 is 30.9. The highest BCUT2D eigenvalue weighted by Gasteiger charge is 2.15. The summed E-state index contributed by atoms with van der Waals surface area (Å²) in [6.07, 6.45) is 1.96. The predicted octanol–water partition coefficient (Wildman–Crippen LogP) is 0.456. The fourth-order valence-electron chi connectivity index (χ4n) is 1.16. The first-order chi connectivity index (χ1) is 6.46. The van der Waals surface area contributed by atoms with Crippen LogP contribution in [0.4, 0.5) is 0 Å². The molecule has 0 atom stereocenters. The molecule has 0 unspecified atom stereocenters. The van der Waals surface area contributed by atoms with E-state index < -0.39 is 10.1 Å². The van der Waals surface area contributed by atoms with Gasteiger partial charge in [-0.05, 0) is 18.1 Å². The molecule has 0 fully saturated rings. The maximum Gasteiger partial charge on any atom is 0.294 e. The summed E-state index contributed by atoms with van der Waals surface area (Å²) in [5.41, 5.74) is 0.515. The molecule has 1 N–H and O–H groups in total. The van der Waals surface area contributed by atoms with E-state index in [-0.39, 0.29) is 4.90 Å². The van der Waals surface area contributed by atoms with Crippen molar-refractivity contribution >= 4 is 25.5 Å². The van der Waals surface area contributed by atoms with E-state index in [0.29, 0.717) is 17.2 Å². The molecule has 1 aromatic carbocycles. The Morgan fingerprint density at radius 1 is 1.50 bits per heavy atom. The molecule has 0 bridgehead atoms. The molecule has 0 spiro atoms. The highest BCUT2D eigenvalue weighted by atomic mass is 32.2. The van der Waals surface area contributed by atoms with E-state index in [0.717, 1.165) is 0 Å². The summed E-state index contributed by atoms with van der Waals surface area (Å²) in [5.74, 6) is 0. The minimum absolute atomic E-state index is 0.0788. The second-order valence-electron chi connectivity index (χ2n) is 2.75. The van der Waals surface area contributed by atoms with E-state index in [2.05, 4.69) is 16.8 Å². The molecular formula is C9H9O3SSi. The Balaban J connectivity index is 3.43. The summed E-state index contributed by atoms with van der Waals surface area (Å²) in [4.78, 5) is -0.0788. The summed E-state index contributed by atoms with van der Waals surface area (Å²) in [6, 6.07) is 4.63. The molecule has 5 heteroatoms. The molecule has 73 valence electrons. The van der Waals surface area contributed by atoms with Crippen LogP contribution in [-0.4, -0.2) is 23.2 Å². The van der Waals surface area contributed by atoms with Gasteiger partial charge < -0.3 is 0 Å². The fourth-order valence-corrected chi connectivity index (χ4v) is 2.34. The second-order valence-corrected chi connectivity index (χ2v) is 4.68. The largest absolute Gasteiger partial charge is 0.294 e. The molecule has 1 aromatic rings. The third kappa shape index (κ3) is 2.31. The van der Waals surface area contributed by atoms with E-state index in [1.165, 1.54) is 6.07 Å². The van der Waals surface area contributed by atoms with Crippen LogP contribution in [0.1, 0.15) is 5.56 Å². The first kappa shape index (κ1) is 11.2. The number of allylic oxidation sites excluding steroid dienone is 1. The van der Waals surface area contributed by atoms with Gasteiger partial charge in [-0.25, -0.2) is 0 Å². The smallest absolute Gasteiger partial charge is 0.282 e. The van der Waals surface area contributed by atoms with E-state index >= 15 is 0 Å². The molecule has 0 aliphatic rings. The Kier molecular flexibility index (Phi) is 3.25. The SMILES string of the molecule is C=CCc1c([Si])cccc1S(=O)(=O)O. The van der Waals surface area contributed by atoms with Crippen molar-refractivity contribution in [1.82, 2.24) is 0 Å². The number of hydrogen-bond donors (Lipinski definition) is 1. The van der Waals surface area contributed by atoms with Gasteiger partial charge in [-0.15, -0.1) is 6.58 Å². The van der Waals surface area contributed by atoms with Crippen LogP contribution >= 0.6 is 0 Å². The lowest BCUT2D eigenvalue weighted by molar-refractivity contribution is 0.482. The molecule has 14 heavy (non-hydrogen) atoms. The average molecular weight is 225 g/mol. The molecule has 0 saturated carbocycles. The zero-order valence-corrected chi connectivity index (χ0v) is 9.21. The molecular weight excluding hydrogens is 216 g/mol. The summed E-state index contributed by atoms with van der Waals surface area (Å²) in [5, 5.41) is 0.639. The van der Waals surface area contributed by atoms with Crippen molar-refractivity contribution in [2.75, 3.05) is 0 Å². The molecule has 3 nitrogen and oxygen atoms in total. The highest BCUT2D eigenvalue weighted by molar-refractivity contribution is 7.85. The fraction of sp³-hybridized carbons (Fsp3) is 0.111. The molecule has 0 amide bonds.